The number of fused-ring (bicyclic) bond motifs is 1. The number of imidazole rings is 1. The van der Waals surface area contributed by atoms with Gasteiger partial charge in [-0.1, -0.05) is 17.4 Å². The van der Waals surface area contributed by atoms with Gasteiger partial charge >= 0.3 is 0 Å². The molecule has 0 fully saturated rings. The number of carbonyl (C=O) groups excluding carboxylic acids is 1. The number of amides is 1. The Balaban J connectivity index is 1.89. The zero-order chi connectivity index (χ0) is 13.4. The van der Waals surface area contributed by atoms with Crippen molar-refractivity contribution in [2.75, 3.05) is 5.32 Å². The monoisotopic (exact) mass is 272 g/mol. The standard InChI is InChI=1S/C13H12N4OS/c1-7-3-4-9-10(5-7)19-13(16-9)17-12(18)11-8(2)14-6-15-11/h3-6H,1-2H3,(H,14,15)(H,16,17,18). The van der Waals surface area contributed by atoms with E-state index in [1.807, 2.05) is 26.0 Å². The molecule has 5 nitrogen and oxygen atoms in total. The normalized spacial score (nSPS) is 10.8. The van der Waals surface area contributed by atoms with Gasteiger partial charge in [-0.2, -0.15) is 0 Å². The molecule has 0 atom stereocenters. The van der Waals surface area contributed by atoms with Crippen LogP contribution in [0.3, 0.4) is 0 Å². The second-order valence-corrected chi connectivity index (χ2v) is 5.35. The van der Waals surface area contributed by atoms with E-state index in [4.69, 9.17) is 0 Å². The van der Waals surface area contributed by atoms with Crippen LogP contribution in [0, 0.1) is 13.8 Å². The predicted octanol–water partition coefficient (Wildman–Crippen LogP) is 2.89. The number of nitrogens with zero attached hydrogens (tertiary/aromatic N) is 2. The first-order valence-electron chi connectivity index (χ1n) is 5.82. The molecule has 0 spiro atoms. The summed E-state index contributed by atoms with van der Waals surface area (Å²) in [6, 6.07) is 6.02. The highest BCUT2D eigenvalue weighted by molar-refractivity contribution is 7.22. The zero-order valence-corrected chi connectivity index (χ0v) is 11.3. The van der Waals surface area contributed by atoms with Crippen molar-refractivity contribution in [2.24, 2.45) is 0 Å². The SMILES string of the molecule is Cc1ccc2nc(NC(=O)c3nc[nH]c3C)sc2c1. The number of carbonyl (C=O) groups is 1. The molecule has 0 aliphatic carbocycles. The topological polar surface area (TPSA) is 70.7 Å². The number of thiazole rings is 1. The lowest BCUT2D eigenvalue weighted by atomic mass is 10.2. The van der Waals surface area contributed by atoms with Crippen molar-refractivity contribution in [1.82, 2.24) is 15.0 Å². The molecule has 96 valence electrons. The number of aromatic nitrogens is 3. The van der Waals surface area contributed by atoms with E-state index in [0.717, 1.165) is 15.9 Å². The van der Waals surface area contributed by atoms with E-state index in [9.17, 15) is 4.79 Å². The summed E-state index contributed by atoms with van der Waals surface area (Å²) in [4.78, 5) is 23.3. The number of anilines is 1. The van der Waals surface area contributed by atoms with Crippen LogP contribution in [0.5, 0.6) is 0 Å². The van der Waals surface area contributed by atoms with Crippen LogP contribution in [0.25, 0.3) is 10.2 Å². The Morgan fingerprint density at radius 1 is 1.37 bits per heavy atom. The number of aryl methyl sites for hydroxylation is 2. The quantitative estimate of drug-likeness (QED) is 0.753. The smallest absolute Gasteiger partial charge is 0.277 e. The highest BCUT2D eigenvalue weighted by atomic mass is 32.1. The summed E-state index contributed by atoms with van der Waals surface area (Å²) in [6.45, 7) is 3.84. The predicted molar refractivity (Wildman–Crippen MR) is 75.6 cm³/mol. The second kappa shape index (κ2) is 4.47. The summed E-state index contributed by atoms with van der Waals surface area (Å²) >= 11 is 1.46. The Morgan fingerprint density at radius 2 is 2.21 bits per heavy atom. The lowest BCUT2D eigenvalue weighted by Crippen LogP contribution is -2.13. The summed E-state index contributed by atoms with van der Waals surface area (Å²) in [6.07, 6.45) is 1.51. The molecule has 2 heterocycles. The molecule has 3 rings (SSSR count). The molecule has 6 heteroatoms. The number of rotatable bonds is 2. The van der Waals surface area contributed by atoms with E-state index in [1.165, 1.54) is 23.2 Å². The third-order valence-corrected chi connectivity index (χ3v) is 3.74. The minimum Gasteiger partial charge on any atom is -0.348 e. The number of aromatic amines is 1. The van der Waals surface area contributed by atoms with E-state index in [2.05, 4.69) is 26.3 Å². The van der Waals surface area contributed by atoms with Crippen LogP contribution in [-0.2, 0) is 0 Å². The average Bonchev–Trinajstić information content (AvgIpc) is 2.94. The number of benzene rings is 1. The van der Waals surface area contributed by atoms with Gasteiger partial charge in [-0.05, 0) is 31.5 Å². The van der Waals surface area contributed by atoms with Gasteiger partial charge in [-0.15, -0.1) is 0 Å². The van der Waals surface area contributed by atoms with Crippen molar-refractivity contribution in [1.29, 1.82) is 0 Å². The van der Waals surface area contributed by atoms with Gasteiger partial charge in [0.05, 0.1) is 16.5 Å². The maximum Gasteiger partial charge on any atom is 0.277 e. The molecule has 3 aromatic rings. The van der Waals surface area contributed by atoms with Crippen molar-refractivity contribution in [3.8, 4) is 0 Å². The Labute approximate surface area is 113 Å². The molecule has 0 saturated carbocycles. The average molecular weight is 272 g/mol. The van der Waals surface area contributed by atoms with Gasteiger partial charge in [0.2, 0.25) is 0 Å². The van der Waals surface area contributed by atoms with Gasteiger partial charge in [-0.25, -0.2) is 9.97 Å². The van der Waals surface area contributed by atoms with E-state index >= 15 is 0 Å². The lowest BCUT2D eigenvalue weighted by Gasteiger charge is -1.98. The van der Waals surface area contributed by atoms with Crippen LogP contribution in [-0.4, -0.2) is 20.9 Å². The first-order chi connectivity index (χ1) is 9.13. The van der Waals surface area contributed by atoms with Crippen LogP contribution in [0.1, 0.15) is 21.7 Å². The first-order valence-corrected chi connectivity index (χ1v) is 6.63. The zero-order valence-electron chi connectivity index (χ0n) is 10.5. The van der Waals surface area contributed by atoms with E-state index in [0.29, 0.717) is 10.8 Å². The van der Waals surface area contributed by atoms with Crippen LogP contribution in [0.4, 0.5) is 5.13 Å². The Kier molecular flexibility index (Phi) is 2.79. The second-order valence-electron chi connectivity index (χ2n) is 4.32. The van der Waals surface area contributed by atoms with Gasteiger partial charge < -0.3 is 4.98 Å². The number of nitrogens with one attached hydrogen (secondary N) is 2. The van der Waals surface area contributed by atoms with Crippen molar-refractivity contribution >= 4 is 32.6 Å². The van der Waals surface area contributed by atoms with E-state index < -0.39 is 0 Å². The van der Waals surface area contributed by atoms with Gasteiger partial charge in [-0.3, -0.25) is 10.1 Å². The highest BCUT2D eigenvalue weighted by Gasteiger charge is 2.14. The molecule has 0 saturated heterocycles. The first kappa shape index (κ1) is 11.9. The van der Waals surface area contributed by atoms with E-state index in [1.54, 1.807) is 0 Å². The van der Waals surface area contributed by atoms with Crippen molar-refractivity contribution in [3.63, 3.8) is 0 Å². The third-order valence-electron chi connectivity index (χ3n) is 2.81. The largest absolute Gasteiger partial charge is 0.348 e. The van der Waals surface area contributed by atoms with Crippen molar-refractivity contribution < 1.29 is 4.79 Å². The Hall–Kier alpha value is -2.21. The minimum absolute atomic E-state index is 0.241. The van der Waals surface area contributed by atoms with Crippen LogP contribution in [0.15, 0.2) is 24.5 Å². The molecule has 1 aromatic carbocycles. The van der Waals surface area contributed by atoms with Crippen LogP contribution >= 0.6 is 11.3 Å². The van der Waals surface area contributed by atoms with Gasteiger partial charge in [0.25, 0.3) is 5.91 Å². The van der Waals surface area contributed by atoms with E-state index in [-0.39, 0.29) is 5.91 Å². The van der Waals surface area contributed by atoms with Crippen LogP contribution < -0.4 is 5.32 Å². The Morgan fingerprint density at radius 3 is 2.95 bits per heavy atom. The van der Waals surface area contributed by atoms with Gasteiger partial charge in [0.1, 0.15) is 5.69 Å². The molecule has 0 unspecified atom stereocenters. The summed E-state index contributed by atoms with van der Waals surface area (Å²) < 4.78 is 1.06. The lowest BCUT2D eigenvalue weighted by molar-refractivity contribution is 0.102. The fraction of sp³-hybridized carbons (Fsp3) is 0.154. The summed E-state index contributed by atoms with van der Waals surface area (Å²) in [5.41, 5.74) is 3.21. The molecular weight excluding hydrogens is 260 g/mol. The molecule has 0 radical (unpaired) electrons. The minimum atomic E-state index is -0.241. The summed E-state index contributed by atoms with van der Waals surface area (Å²) in [7, 11) is 0. The molecule has 2 N–H and O–H groups in total. The number of H-pyrrole nitrogens is 1. The molecular formula is C13H12N4OS. The van der Waals surface area contributed by atoms with Crippen molar-refractivity contribution in [3.05, 3.63) is 41.5 Å². The molecule has 2 aromatic heterocycles. The molecule has 19 heavy (non-hydrogen) atoms. The molecule has 0 aliphatic rings. The number of hydrogen-bond donors (Lipinski definition) is 2. The van der Waals surface area contributed by atoms with Crippen molar-refractivity contribution in [2.45, 2.75) is 13.8 Å². The third kappa shape index (κ3) is 2.22. The molecule has 0 bridgehead atoms. The Bertz CT molecular complexity index is 759. The van der Waals surface area contributed by atoms with Gasteiger partial charge in [0, 0.05) is 5.69 Å². The molecule has 0 aliphatic heterocycles. The summed E-state index contributed by atoms with van der Waals surface area (Å²) in [5, 5.41) is 3.37. The van der Waals surface area contributed by atoms with Gasteiger partial charge in [0.15, 0.2) is 5.13 Å². The maximum atomic E-state index is 12.0. The fourth-order valence-corrected chi connectivity index (χ4v) is 2.79. The number of hydrogen-bond acceptors (Lipinski definition) is 4. The van der Waals surface area contributed by atoms with Crippen LogP contribution in [0.2, 0.25) is 0 Å². The summed E-state index contributed by atoms with van der Waals surface area (Å²) in [5.74, 6) is -0.241. The maximum absolute atomic E-state index is 12.0. The highest BCUT2D eigenvalue weighted by Crippen LogP contribution is 2.26. The fourth-order valence-electron chi connectivity index (χ4n) is 1.83. The molecule has 1 amide bonds.